The van der Waals surface area contributed by atoms with E-state index in [2.05, 4.69) is 21.4 Å². The predicted molar refractivity (Wildman–Crippen MR) is 66.9 cm³/mol. The van der Waals surface area contributed by atoms with E-state index in [9.17, 15) is 0 Å². The molecule has 0 saturated carbocycles. The predicted octanol–water partition coefficient (Wildman–Crippen LogP) is 2.69. The van der Waals surface area contributed by atoms with Gasteiger partial charge in [-0.1, -0.05) is 11.6 Å². The molecule has 0 aliphatic heterocycles. The first kappa shape index (κ1) is 11.5. The van der Waals surface area contributed by atoms with Gasteiger partial charge in [-0.15, -0.1) is 11.3 Å². The lowest BCUT2D eigenvalue weighted by Crippen LogP contribution is -2.18. The minimum absolute atomic E-state index is 0.232. The maximum atomic E-state index is 5.91. The van der Waals surface area contributed by atoms with Crippen molar-refractivity contribution in [3.8, 4) is 0 Å². The van der Waals surface area contributed by atoms with Gasteiger partial charge in [0.25, 0.3) is 0 Å². The lowest BCUT2D eigenvalue weighted by Gasteiger charge is -2.14. The van der Waals surface area contributed by atoms with Crippen molar-refractivity contribution < 1.29 is 0 Å². The van der Waals surface area contributed by atoms with Crippen LogP contribution < -0.4 is 5.32 Å². The van der Waals surface area contributed by atoms with E-state index in [1.54, 1.807) is 11.3 Å². The van der Waals surface area contributed by atoms with Crippen LogP contribution in [0.4, 0.5) is 0 Å². The summed E-state index contributed by atoms with van der Waals surface area (Å²) in [6, 6.07) is 4.22. The Morgan fingerprint density at radius 3 is 2.69 bits per heavy atom. The van der Waals surface area contributed by atoms with Crippen LogP contribution in [0, 0.1) is 0 Å². The van der Waals surface area contributed by atoms with Crippen LogP contribution in [0.2, 0.25) is 4.34 Å². The Balaban J connectivity index is 2.12. The standard InChI is InChI=1S/C11H12ClN3S/c1-13-10(8-5-14-7-15-6-8)4-9-2-3-11(12)16-9/h2-3,5-7,10,13H,4H2,1H3. The summed E-state index contributed by atoms with van der Waals surface area (Å²) in [5.74, 6) is 0. The monoisotopic (exact) mass is 253 g/mol. The van der Waals surface area contributed by atoms with Gasteiger partial charge in [0.2, 0.25) is 0 Å². The lowest BCUT2D eigenvalue weighted by atomic mass is 10.1. The number of hydrogen-bond donors (Lipinski definition) is 1. The number of halogens is 1. The van der Waals surface area contributed by atoms with Crippen LogP contribution in [0.1, 0.15) is 16.5 Å². The smallest absolute Gasteiger partial charge is 0.115 e. The van der Waals surface area contributed by atoms with Gasteiger partial charge in [-0.2, -0.15) is 0 Å². The molecule has 0 saturated heterocycles. The normalized spacial score (nSPS) is 12.6. The highest BCUT2D eigenvalue weighted by atomic mass is 35.5. The van der Waals surface area contributed by atoms with Crippen molar-refractivity contribution in [1.82, 2.24) is 15.3 Å². The first-order chi connectivity index (χ1) is 7.79. The molecule has 0 aromatic carbocycles. The van der Waals surface area contributed by atoms with Crippen molar-refractivity contribution in [2.75, 3.05) is 7.05 Å². The van der Waals surface area contributed by atoms with Crippen molar-refractivity contribution in [3.05, 3.63) is 45.6 Å². The van der Waals surface area contributed by atoms with E-state index in [0.29, 0.717) is 0 Å². The fourth-order valence-electron chi connectivity index (χ4n) is 1.54. The molecular formula is C11H12ClN3S. The summed E-state index contributed by atoms with van der Waals surface area (Å²) in [6.45, 7) is 0. The van der Waals surface area contributed by atoms with Gasteiger partial charge < -0.3 is 5.32 Å². The van der Waals surface area contributed by atoms with Crippen molar-refractivity contribution >= 4 is 22.9 Å². The van der Waals surface area contributed by atoms with Crippen molar-refractivity contribution in [2.24, 2.45) is 0 Å². The van der Waals surface area contributed by atoms with Gasteiger partial charge >= 0.3 is 0 Å². The van der Waals surface area contributed by atoms with E-state index in [0.717, 1.165) is 16.3 Å². The molecule has 0 fully saturated rings. The quantitative estimate of drug-likeness (QED) is 0.911. The largest absolute Gasteiger partial charge is 0.313 e. The minimum atomic E-state index is 0.232. The van der Waals surface area contributed by atoms with Crippen molar-refractivity contribution in [1.29, 1.82) is 0 Å². The third-order valence-electron chi connectivity index (χ3n) is 2.37. The zero-order valence-electron chi connectivity index (χ0n) is 8.85. The molecule has 3 nitrogen and oxygen atoms in total. The maximum absolute atomic E-state index is 5.91. The fraction of sp³-hybridized carbons (Fsp3) is 0.273. The van der Waals surface area contributed by atoms with Crippen LogP contribution in [-0.2, 0) is 6.42 Å². The van der Waals surface area contributed by atoms with Gasteiger partial charge in [0.15, 0.2) is 0 Å². The highest BCUT2D eigenvalue weighted by Crippen LogP contribution is 2.25. The molecule has 1 unspecified atom stereocenters. The Morgan fingerprint density at radius 2 is 2.12 bits per heavy atom. The van der Waals surface area contributed by atoms with Gasteiger partial charge in [0, 0.05) is 35.3 Å². The van der Waals surface area contributed by atoms with Crippen molar-refractivity contribution in [2.45, 2.75) is 12.5 Å². The molecule has 0 radical (unpaired) electrons. The SMILES string of the molecule is CNC(Cc1ccc(Cl)s1)c1cncnc1. The van der Waals surface area contributed by atoms with Crippen LogP contribution in [0.5, 0.6) is 0 Å². The Morgan fingerprint density at radius 1 is 1.38 bits per heavy atom. The second-order valence-corrected chi connectivity index (χ2v) is 5.22. The molecule has 0 spiro atoms. The van der Waals surface area contributed by atoms with Crippen LogP contribution in [0.15, 0.2) is 30.9 Å². The van der Waals surface area contributed by atoms with E-state index in [1.807, 2.05) is 25.5 Å². The van der Waals surface area contributed by atoms with E-state index in [-0.39, 0.29) is 6.04 Å². The van der Waals surface area contributed by atoms with Crippen molar-refractivity contribution in [3.63, 3.8) is 0 Å². The molecule has 84 valence electrons. The van der Waals surface area contributed by atoms with Gasteiger partial charge in [0.05, 0.1) is 4.34 Å². The first-order valence-electron chi connectivity index (χ1n) is 4.96. The molecule has 0 bridgehead atoms. The van der Waals surface area contributed by atoms with Crippen LogP contribution >= 0.6 is 22.9 Å². The highest BCUT2D eigenvalue weighted by Gasteiger charge is 2.11. The summed E-state index contributed by atoms with van der Waals surface area (Å²) in [4.78, 5) is 9.31. The average molecular weight is 254 g/mol. The number of nitrogens with one attached hydrogen (secondary N) is 1. The van der Waals surface area contributed by atoms with Gasteiger partial charge in [-0.05, 0) is 19.2 Å². The third kappa shape index (κ3) is 2.78. The van der Waals surface area contributed by atoms with Gasteiger partial charge in [0.1, 0.15) is 6.33 Å². The molecule has 5 heteroatoms. The third-order valence-corrected chi connectivity index (χ3v) is 3.62. The van der Waals surface area contributed by atoms with Gasteiger partial charge in [-0.25, -0.2) is 9.97 Å². The molecule has 2 aromatic rings. The van der Waals surface area contributed by atoms with Crippen LogP contribution in [-0.4, -0.2) is 17.0 Å². The Labute approximate surface area is 104 Å². The molecular weight excluding hydrogens is 242 g/mol. The second kappa shape index (κ2) is 5.39. The Bertz CT molecular complexity index is 444. The topological polar surface area (TPSA) is 37.8 Å². The molecule has 2 heterocycles. The highest BCUT2D eigenvalue weighted by molar-refractivity contribution is 7.16. The lowest BCUT2D eigenvalue weighted by molar-refractivity contribution is 0.591. The summed E-state index contributed by atoms with van der Waals surface area (Å²) in [6.07, 6.45) is 6.12. The zero-order chi connectivity index (χ0) is 11.4. The summed E-state index contributed by atoms with van der Waals surface area (Å²) in [5, 5.41) is 3.26. The molecule has 0 aliphatic carbocycles. The summed E-state index contributed by atoms with van der Waals surface area (Å²) in [5.41, 5.74) is 1.09. The fourth-order valence-corrected chi connectivity index (χ4v) is 2.67. The number of hydrogen-bond acceptors (Lipinski definition) is 4. The first-order valence-corrected chi connectivity index (χ1v) is 6.15. The maximum Gasteiger partial charge on any atom is 0.115 e. The molecule has 1 atom stereocenters. The van der Waals surface area contributed by atoms with E-state index >= 15 is 0 Å². The molecule has 16 heavy (non-hydrogen) atoms. The van der Waals surface area contributed by atoms with Crippen LogP contribution in [0.25, 0.3) is 0 Å². The number of aromatic nitrogens is 2. The van der Waals surface area contributed by atoms with E-state index in [1.165, 1.54) is 11.2 Å². The number of thiophene rings is 1. The summed E-state index contributed by atoms with van der Waals surface area (Å²) >= 11 is 7.52. The molecule has 2 aromatic heterocycles. The number of rotatable bonds is 4. The zero-order valence-corrected chi connectivity index (χ0v) is 10.4. The summed E-state index contributed by atoms with van der Waals surface area (Å²) < 4.78 is 0.828. The summed E-state index contributed by atoms with van der Waals surface area (Å²) in [7, 11) is 1.94. The minimum Gasteiger partial charge on any atom is -0.313 e. The number of likely N-dealkylation sites (N-methyl/N-ethyl adjacent to an activating group) is 1. The Kier molecular flexibility index (Phi) is 3.88. The molecule has 2 rings (SSSR count). The molecule has 1 N–H and O–H groups in total. The molecule has 0 aliphatic rings. The van der Waals surface area contributed by atoms with E-state index in [4.69, 9.17) is 11.6 Å². The van der Waals surface area contributed by atoms with Gasteiger partial charge in [-0.3, -0.25) is 0 Å². The molecule has 0 amide bonds. The van der Waals surface area contributed by atoms with E-state index < -0.39 is 0 Å². The second-order valence-electron chi connectivity index (χ2n) is 3.42. The average Bonchev–Trinajstić information content (AvgIpc) is 2.73. The Hall–Kier alpha value is -0.970. The van der Waals surface area contributed by atoms with Crippen LogP contribution in [0.3, 0.4) is 0 Å². The number of nitrogens with zero attached hydrogens (tertiary/aromatic N) is 2.